The van der Waals surface area contributed by atoms with Gasteiger partial charge in [-0.15, -0.1) is 0 Å². The minimum Gasteiger partial charge on any atom is -0.482 e. The lowest BCUT2D eigenvalue weighted by atomic mass is 10.1. The van der Waals surface area contributed by atoms with Gasteiger partial charge < -0.3 is 14.2 Å². The molecule has 0 aliphatic carbocycles. The average molecular weight is 280 g/mol. The fourth-order valence-electron chi connectivity index (χ4n) is 1.76. The Morgan fingerprint density at radius 2 is 1.85 bits per heavy atom. The first-order valence-electron chi connectivity index (χ1n) is 6.26. The Morgan fingerprint density at radius 1 is 1.20 bits per heavy atom. The van der Waals surface area contributed by atoms with Gasteiger partial charge in [-0.3, -0.25) is 10.2 Å². The van der Waals surface area contributed by atoms with E-state index in [4.69, 9.17) is 9.47 Å². The van der Waals surface area contributed by atoms with E-state index in [0.29, 0.717) is 11.5 Å². The van der Waals surface area contributed by atoms with Crippen LogP contribution in [0, 0.1) is 0 Å². The van der Waals surface area contributed by atoms with Gasteiger partial charge >= 0.3 is 6.09 Å². The summed E-state index contributed by atoms with van der Waals surface area (Å²) in [4.78, 5) is 23.0. The highest BCUT2D eigenvalue weighted by Crippen LogP contribution is 2.33. The van der Waals surface area contributed by atoms with Gasteiger partial charge in [0.05, 0.1) is 6.61 Å². The number of hydrogen-bond acceptors (Lipinski definition) is 5. The van der Waals surface area contributed by atoms with Crippen LogP contribution in [0.5, 0.6) is 11.5 Å². The van der Waals surface area contributed by atoms with Crippen LogP contribution in [0.15, 0.2) is 24.3 Å². The lowest BCUT2D eigenvalue weighted by Gasteiger charge is -2.30. The molecule has 0 saturated heterocycles. The molecule has 0 aromatic heterocycles. The van der Waals surface area contributed by atoms with Crippen molar-refractivity contribution < 1.29 is 23.8 Å². The van der Waals surface area contributed by atoms with Crippen LogP contribution in [-0.4, -0.2) is 30.8 Å². The molecule has 0 bridgehead atoms. The van der Waals surface area contributed by atoms with E-state index in [-0.39, 0.29) is 6.61 Å². The van der Waals surface area contributed by atoms with Gasteiger partial charge in [0.2, 0.25) is 6.10 Å². The lowest BCUT2D eigenvalue weighted by Crippen LogP contribution is -2.53. The largest absolute Gasteiger partial charge is 0.482 e. The third-order valence-electron chi connectivity index (χ3n) is 2.66. The van der Waals surface area contributed by atoms with E-state index in [9.17, 15) is 9.59 Å². The maximum absolute atomic E-state index is 11.9. The van der Waals surface area contributed by atoms with Crippen molar-refractivity contribution in [1.82, 2.24) is 10.9 Å². The van der Waals surface area contributed by atoms with Crippen molar-refractivity contribution in [1.29, 1.82) is 0 Å². The highest BCUT2D eigenvalue weighted by atomic mass is 16.6. The molecular weight excluding hydrogens is 264 g/mol. The molecule has 108 valence electrons. The first-order chi connectivity index (χ1) is 9.61. The number of hydrazine groups is 1. The van der Waals surface area contributed by atoms with Gasteiger partial charge in [-0.2, -0.15) is 0 Å². The number of rotatable bonds is 2. The van der Waals surface area contributed by atoms with Crippen LogP contribution in [0.3, 0.4) is 0 Å². The highest BCUT2D eigenvalue weighted by molar-refractivity contribution is 5.84. The Bertz CT molecular complexity index is 505. The molecule has 1 aromatic carbocycles. The van der Waals surface area contributed by atoms with Crippen molar-refractivity contribution in [2.45, 2.75) is 26.1 Å². The van der Waals surface area contributed by atoms with E-state index in [2.05, 4.69) is 15.6 Å². The van der Waals surface area contributed by atoms with E-state index < -0.39 is 24.2 Å². The molecule has 0 fully saturated rings. The van der Waals surface area contributed by atoms with Gasteiger partial charge in [0.1, 0.15) is 6.10 Å². The van der Waals surface area contributed by atoms with Crippen LogP contribution < -0.4 is 20.3 Å². The normalized spacial score (nSPS) is 19.9. The molecule has 1 aromatic rings. The van der Waals surface area contributed by atoms with Crippen molar-refractivity contribution in [3.05, 3.63) is 24.3 Å². The molecule has 2 N–H and O–H groups in total. The maximum atomic E-state index is 11.9. The Kier molecular flexibility index (Phi) is 4.29. The van der Waals surface area contributed by atoms with Crippen molar-refractivity contribution in [2.75, 3.05) is 6.61 Å². The Balaban J connectivity index is 1.96. The van der Waals surface area contributed by atoms with Crippen LogP contribution in [0.1, 0.15) is 13.8 Å². The second kappa shape index (κ2) is 6.14. The molecule has 7 heteroatoms. The maximum Gasteiger partial charge on any atom is 0.426 e. The molecule has 20 heavy (non-hydrogen) atoms. The standard InChI is InChI=1S/C13H16N2O5/c1-3-18-13(17)15-14-12(16)11-8(2)19-9-6-4-5-7-10(9)20-11/h4-8,11H,3H2,1-2H3,(H,14,16)(H,15,17)/t8-,11+/m0/s1. The monoisotopic (exact) mass is 280 g/mol. The minimum atomic E-state index is -0.855. The zero-order chi connectivity index (χ0) is 14.5. The number of nitrogens with one attached hydrogen (secondary N) is 2. The van der Waals surface area contributed by atoms with Gasteiger partial charge in [0, 0.05) is 0 Å². The van der Waals surface area contributed by atoms with Crippen LogP contribution in [0.25, 0.3) is 0 Å². The molecule has 1 heterocycles. The van der Waals surface area contributed by atoms with E-state index >= 15 is 0 Å². The molecule has 2 rings (SSSR count). The molecule has 0 radical (unpaired) electrons. The summed E-state index contributed by atoms with van der Waals surface area (Å²) in [5.74, 6) is 0.560. The number of benzene rings is 1. The molecule has 2 amide bonds. The summed E-state index contributed by atoms with van der Waals surface area (Å²) in [7, 11) is 0. The van der Waals surface area contributed by atoms with Crippen molar-refractivity contribution >= 4 is 12.0 Å². The van der Waals surface area contributed by atoms with E-state index in [1.54, 1.807) is 32.0 Å². The van der Waals surface area contributed by atoms with Gasteiger partial charge in [-0.1, -0.05) is 12.1 Å². The molecule has 7 nitrogen and oxygen atoms in total. The minimum absolute atomic E-state index is 0.217. The Labute approximate surface area is 116 Å². The summed E-state index contributed by atoms with van der Waals surface area (Å²) in [5, 5.41) is 0. The first kappa shape index (κ1) is 14.0. The number of fused-ring (bicyclic) bond motifs is 1. The number of para-hydroxylation sites is 2. The fourth-order valence-corrected chi connectivity index (χ4v) is 1.76. The van der Waals surface area contributed by atoms with E-state index in [0.717, 1.165) is 0 Å². The second-order valence-corrected chi connectivity index (χ2v) is 4.14. The number of carbonyl (C=O) groups is 2. The summed E-state index contributed by atoms with van der Waals surface area (Å²) in [6, 6.07) is 7.07. The summed E-state index contributed by atoms with van der Waals surface area (Å²) in [6.07, 6.45) is -2.06. The summed E-state index contributed by atoms with van der Waals surface area (Å²) >= 11 is 0. The molecule has 0 spiro atoms. The zero-order valence-corrected chi connectivity index (χ0v) is 11.2. The predicted molar refractivity (Wildman–Crippen MR) is 69.2 cm³/mol. The third-order valence-corrected chi connectivity index (χ3v) is 2.66. The molecule has 2 atom stereocenters. The molecular formula is C13H16N2O5. The van der Waals surface area contributed by atoms with E-state index in [1.807, 2.05) is 6.07 Å². The predicted octanol–water partition coefficient (Wildman–Crippen LogP) is 0.992. The summed E-state index contributed by atoms with van der Waals surface area (Å²) < 4.78 is 15.8. The van der Waals surface area contributed by atoms with Crippen molar-refractivity contribution in [3.63, 3.8) is 0 Å². The van der Waals surface area contributed by atoms with Gasteiger partial charge in [-0.05, 0) is 26.0 Å². The third kappa shape index (κ3) is 3.11. The average Bonchev–Trinajstić information content (AvgIpc) is 2.44. The fraction of sp³-hybridized carbons (Fsp3) is 0.385. The van der Waals surface area contributed by atoms with Gasteiger partial charge in [-0.25, -0.2) is 10.2 Å². The topological polar surface area (TPSA) is 85.9 Å². The Hall–Kier alpha value is -2.44. The summed E-state index contributed by atoms with van der Waals surface area (Å²) in [6.45, 7) is 3.59. The second-order valence-electron chi connectivity index (χ2n) is 4.14. The number of hydrogen-bond donors (Lipinski definition) is 2. The van der Waals surface area contributed by atoms with Crippen LogP contribution >= 0.6 is 0 Å². The first-order valence-corrected chi connectivity index (χ1v) is 6.26. The summed E-state index contributed by atoms with van der Waals surface area (Å²) in [5.41, 5.74) is 4.36. The number of carbonyl (C=O) groups excluding carboxylic acids is 2. The SMILES string of the molecule is CCOC(=O)NNC(=O)[C@@H]1Oc2ccccc2O[C@H]1C. The van der Waals surface area contributed by atoms with Crippen LogP contribution in [-0.2, 0) is 9.53 Å². The smallest absolute Gasteiger partial charge is 0.426 e. The van der Waals surface area contributed by atoms with Crippen LogP contribution in [0.2, 0.25) is 0 Å². The van der Waals surface area contributed by atoms with Gasteiger partial charge in [0.15, 0.2) is 11.5 Å². The van der Waals surface area contributed by atoms with E-state index in [1.165, 1.54) is 0 Å². The Morgan fingerprint density at radius 3 is 2.50 bits per heavy atom. The molecule has 0 unspecified atom stereocenters. The molecule has 1 aliphatic heterocycles. The van der Waals surface area contributed by atoms with Crippen molar-refractivity contribution in [3.8, 4) is 11.5 Å². The molecule has 1 aliphatic rings. The zero-order valence-electron chi connectivity index (χ0n) is 11.2. The molecule has 0 saturated carbocycles. The quantitative estimate of drug-likeness (QED) is 0.789. The van der Waals surface area contributed by atoms with Crippen molar-refractivity contribution in [2.24, 2.45) is 0 Å². The lowest BCUT2D eigenvalue weighted by molar-refractivity contribution is -0.134. The van der Waals surface area contributed by atoms with Crippen LogP contribution in [0.4, 0.5) is 4.79 Å². The highest BCUT2D eigenvalue weighted by Gasteiger charge is 2.34. The number of amides is 2. The number of ether oxygens (including phenoxy) is 3. The van der Waals surface area contributed by atoms with Gasteiger partial charge in [0.25, 0.3) is 5.91 Å².